The van der Waals surface area contributed by atoms with Crippen LogP contribution in [0.25, 0.3) is 0 Å². The fourth-order valence-corrected chi connectivity index (χ4v) is 2.67. The van der Waals surface area contributed by atoms with Gasteiger partial charge in [-0.05, 0) is 62.7 Å². The molecule has 2 rings (SSSR count). The van der Waals surface area contributed by atoms with E-state index in [4.69, 9.17) is 17.0 Å². The van der Waals surface area contributed by atoms with Gasteiger partial charge in [0.05, 0.1) is 12.3 Å². The molecule has 0 aromatic heterocycles. The zero-order chi connectivity index (χ0) is 16.7. The van der Waals surface area contributed by atoms with Crippen LogP contribution in [0.5, 0.6) is 5.75 Å². The van der Waals surface area contributed by atoms with Crippen LogP contribution in [0, 0.1) is 13.8 Å². The van der Waals surface area contributed by atoms with Crippen LogP contribution in [0.4, 0.5) is 5.69 Å². The van der Waals surface area contributed by atoms with Crippen molar-refractivity contribution in [3.8, 4) is 5.75 Å². The van der Waals surface area contributed by atoms with Gasteiger partial charge in [-0.2, -0.15) is 0 Å². The Hall–Kier alpha value is -2.07. The molecule has 0 atom stereocenters. The maximum atomic E-state index is 5.59. The van der Waals surface area contributed by atoms with Gasteiger partial charge in [0, 0.05) is 6.54 Å². The van der Waals surface area contributed by atoms with Crippen molar-refractivity contribution in [1.29, 1.82) is 0 Å². The summed E-state index contributed by atoms with van der Waals surface area (Å²) >= 11 is 5.37. The fourth-order valence-electron chi connectivity index (χ4n) is 2.45. The number of anilines is 1. The van der Waals surface area contributed by atoms with Crippen LogP contribution < -0.4 is 15.4 Å². The van der Waals surface area contributed by atoms with Crippen molar-refractivity contribution < 1.29 is 4.74 Å². The minimum atomic E-state index is 0.613. The zero-order valence-corrected chi connectivity index (χ0v) is 14.8. The van der Waals surface area contributed by atoms with Crippen molar-refractivity contribution in [1.82, 2.24) is 5.32 Å². The lowest BCUT2D eigenvalue weighted by Gasteiger charge is -2.14. The van der Waals surface area contributed by atoms with Crippen molar-refractivity contribution in [3.05, 3.63) is 59.2 Å². The van der Waals surface area contributed by atoms with Gasteiger partial charge in [-0.25, -0.2) is 0 Å². The minimum absolute atomic E-state index is 0.613. The Morgan fingerprint density at radius 1 is 1.13 bits per heavy atom. The van der Waals surface area contributed by atoms with Crippen LogP contribution in [0.2, 0.25) is 0 Å². The van der Waals surface area contributed by atoms with Gasteiger partial charge in [-0.1, -0.05) is 35.9 Å². The molecular formula is C19H24N2OS. The predicted molar refractivity (Wildman–Crippen MR) is 101 cm³/mol. The zero-order valence-electron chi connectivity index (χ0n) is 14.0. The summed E-state index contributed by atoms with van der Waals surface area (Å²) in [6.45, 7) is 7.66. The van der Waals surface area contributed by atoms with Gasteiger partial charge in [0.25, 0.3) is 0 Å². The third-order valence-electron chi connectivity index (χ3n) is 3.61. The van der Waals surface area contributed by atoms with Crippen LogP contribution in [-0.2, 0) is 6.42 Å². The Labute approximate surface area is 144 Å². The first-order valence-corrected chi connectivity index (χ1v) is 8.33. The smallest absolute Gasteiger partial charge is 0.170 e. The normalized spacial score (nSPS) is 10.2. The highest BCUT2D eigenvalue weighted by atomic mass is 32.1. The molecule has 0 aliphatic rings. The molecule has 0 aliphatic heterocycles. The standard InChI is InChI=1S/C19H24N2OS/c1-4-22-18-8-6-5-7-17(18)21-19(23)20-12-11-16-10-9-14(2)13-15(16)3/h5-10,13H,4,11-12H2,1-3H3,(H2,20,21,23). The second kappa shape index (κ2) is 8.53. The molecule has 2 aromatic rings. The second-order valence-electron chi connectivity index (χ2n) is 5.49. The van der Waals surface area contributed by atoms with E-state index in [0.29, 0.717) is 11.7 Å². The second-order valence-corrected chi connectivity index (χ2v) is 5.90. The van der Waals surface area contributed by atoms with Crippen LogP contribution in [-0.4, -0.2) is 18.3 Å². The summed E-state index contributed by atoms with van der Waals surface area (Å²) in [7, 11) is 0. The number of para-hydroxylation sites is 2. The topological polar surface area (TPSA) is 33.3 Å². The Morgan fingerprint density at radius 3 is 2.65 bits per heavy atom. The molecule has 3 nitrogen and oxygen atoms in total. The molecule has 0 spiro atoms. The van der Waals surface area contributed by atoms with Gasteiger partial charge in [-0.15, -0.1) is 0 Å². The van der Waals surface area contributed by atoms with Crippen LogP contribution >= 0.6 is 12.2 Å². The summed E-state index contributed by atoms with van der Waals surface area (Å²) in [5.74, 6) is 0.813. The number of ether oxygens (including phenoxy) is 1. The van der Waals surface area contributed by atoms with E-state index in [2.05, 4.69) is 42.7 Å². The number of nitrogens with one attached hydrogen (secondary N) is 2. The van der Waals surface area contributed by atoms with Gasteiger partial charge >= 0.3 is 0 Å². The van der Waals surface area contributed by atoms with Gasteiger partial charge in [0.1, 0.15) is 5.75 Å². The summed E-state index contributed by atoms with van der Waals surface area (Å²) in [5, 5.41) is 7.07. The van der Waals surface area contributed by atoms with E-state index >= 15 is 0 Å². The Balaban J connectivity index is 1.86. The molecule has 0 heterocycles. The van der Waals surface area contributed by atoms with Crippen molar-refractivity contribution >= 4 is 23.0 Å². The molecule has 2 N–H and O–H groups in total. The lowest BCUT2D eigenvalue weighted by atomic mass is 10.0. The predicted octanol–water partition coefficient (Wildman–Crippen LogP) is 4.23. The number of rotatable bonds is 6. The number of benzene rings is 2. The number of hydrogen-bond donors (Lipinski definition) is 2. The molecule has 122 valence electrons. The van der Waals surface area contributed by atoms with E-state index < -0.39 is 0 Å². The summed E-state index contributed by atoms with van der Waals surface area (Å²) in [5.41, 5.74) is 4.86. The average Bonchev–Trinajstić information content (AvgIpc) is 2.52. The van der Waals surface area contributed by atoms with Gasteiger partial charge in [0.15, 0.2) is 5.11 Å². The third kappa shape index (κ3) is 5.25. The Kier molecular flexibility index (Phi) is 6.41. The molecular weight excluding hydrogens is 304 g/mol. The van der Waals surface area contributed by atoms with Crippen LogP contribution in [0.3, 0.4) is 0 Å². The Bertz CT molecular complexity index is 670. The summed E-state index contributed by atoms with van der Waals surface area (Å²) in [6, 6.07) is 14.4. The van der Waals surface area contributed by atoms with E-state index in [1.54, 1.807) is 0 Å². The van der Waals surface area contributed by atoms with Crippen molar-refractivity contribution in [3.63, 3.8) is 0 Å². The fraction of sp³-hybridized carbons (Fsp3) is 0.316. The first-order chi connectivity index (χ1) is 11.1. The van der Waals surface area contributed by atoms with Crippen molar-refractivity contribution in [2.75, 3.05) is 18.5 Å². The average molecular weight is 328 g/mol. The number of aryl methyl sites for hydroxylation is 2. The summed E-state index contributed by atoms with van der Waals surface area (Å²) in [6.07, 6.45) is 0.945. The minimum Gasteiger partial charge on any atom is -0.492 e. The third-order valence-corrected chi connectivity index (χ3v) is 3.86. The SMILES string of the molecule is CCOc1ccccc1NC(=S)NCCc1ccc(C)cc1C. The lowest BCUT2D eigenvalue weighted by Crippen LogP contribution is -2.30. The van der Waals surface area contributed by atoms with Crippen molar-refractivity contribution in [2.45, 2.75) is 27.2 Å². The van der Waals surface area contributed by atoms with Gasteiger partial charge in [0.2, 0.25) is 0 Å². The summed E-state index contributed by atoms with van der Waals surface area (Å²) in [4.78, 5) is 0. The van der Waals surface area contributed by atoms with E-state index in [1.165, 1.54) is 16.7 Å². The molecule has 0 unspecified atom stereocenters. The summed E-state index contributed by atoms with van der Waals surface area (Å²) < 4.78 is 5.59. The quantitative estimate of drug-likeness (QED) is 0.778. The molecule has 4 heteroatoms. The first kappa shape index (κ1) is 17.3. The highest BCUT2D eigenvalue weighted by Crippen LogP contribution is 2.23. The molecule has 2 aromatic carbocycles. The Morgan fingerprint density at radius 2 is 1.91 bits per heavy atom. The first-order valence-electron chi connectivity index (χ1n) is 7.93. The molecule has 23 heavy (non-hydrogen) atoms. The number of thiocarbonyl (C=S) groups is 1. The largest absolute Gasteiger partial charge is 0.492 e. The van der Waals surface area contributed by atoms with E-state index in [-0.39, 0.29) is 0 Å². The molecule has 0 fully saturated rings. The van der Waals surface area contributed by atoms with E-state index in [0.717, 1.165) is 24.4 Å². The number of hydrogen-bond acceptors (Lipinski definition) is 2. The molecule has 0 aliphatic carbocycles. The monoisotopic (exact) mass is 328 g/mol. The molecule has 0 amide bonds. The highest BCUT2D eigenvalue weighted by Gasteiger charge is 2.04. The van der Waals surface area contributed by atoms with Crippen molar-refractivity contribution in [2.24, 2.45) is 0 Å². The molecule has 0 bridgehead atoms. The van der Waals surface area contributed by atoms with Crippen LogP contribution in [0.15, 0.2) is 42.5 Å². The maximum absolute atomic E-state index is 5.59. The van der Waals surface area contributed by atoms with Gasteiger partial charge in [-0.3, -0.25) is 0 Å². The molecule has 0 radical (unpaired) electrons. The van der Waals surface area contributed by atoms with E-state index in [9.17, 15) is 0 Å². The van der Waals surface area contributed by atoms with Gasteiger partial charge < -0.3 is 15.4 Å². The van der Waals surface area contributed by atoms with Crippen LogP contribution in [0.1, 0.15) is 23.6 Å². The maximum Gasteiger partial charge on any atom is 0.170 e. The highest BCUT2D eigenvalue weighted by molar-refractivity contribution is 7.80. The molecule has 0 saturated heterocycles. The van der Waals surface area contributed by atoms with E-state index in [1.807, 2.05) is 31.2 Å². The molecule has 0 saturated carbocycles. The lowest BCUT2D eigenvalue weighted by molar-refractivity contribution is 0.342.